The maximum absolute atomic E-state index is 6.62. The van der Waals surface area contributed by atoms with Gasteiger partial charge in [-0.25, -0.2) is 0 Å². The van der Waals surface area contributed by atoms with Crippen LogP contribution in [0.25, 0.3) is 0 Å². The van der Waals surface area contributed by atoms with E-state index in [2.05, 4.69) is 52.9 Å². The molecule has 20 heavy (non-hydrogen) atoms. The predicted molar refractivity (Wildman–Crippen MR) is 87.7 cm³/mol. The number of likely N-dealkylation sites (N-methyl/N-ethyl adjacent to an activating group) is 1. The van der Waals surface area contributed by atoms with Gasteiger partial charge >= 0.3 is 0 Å². The summed E-state index contributed by atoms with van der Waals surface area (Å²) in [6.45, 7) is 2.35. The minimum Gasteiger partial charge on any atom is -0.326 e. The highest BCUT2D eigenvalue weighted by Gasteiger charge is 2.41. The average molecular weight is 340 g/mol. The Labute approximate surface area is 131 Å². The van der Waals surface area contributed by atoms with Crippen molar-refractivity contribution < 1.29 is 0 Å². The minimum atomic E-state index is 0.117. The molecule has 1 aromatic rings. The molecule has 0 spiro atoms. The van der Waals surface area contributed by atoms with E-state index in [9.17, 15) is 0 Å². The van der Waals surface area contributed by atoms with Crippen molar-refractivity contribution in [1.82, 2.24) is 9.88 Å². The summed E-state index contributed by atoms with van der Waals surface area (Å²) in [5, 5.41) is 0. The number of halogens is 1. The van der Waals surface area contributed by atoms with E-state index in [1.807, 2.05) is 12.3 Å². The molecule has 3 nitrogen and oxygen atoms in total. The van der Waals surface area contributed by atoms with Crippen LogP contribution in [-0.4, -0.2) is 35.6 Å². The van der Waals surface area contributed by atoms with Crippen molar-refractivity contribution in [2.75, 3.05) is 14.1 Å². The quantitative estimate of drug-likeness (QED) is 0.915. The molecule has 3 unspecified atom stereocenters. The Morgan fingerprint density at radius 3 is 2.80 bits per heavy atom. The molecule has 112 valence electrons. The van der Waals surface area contributed by atoms with Gasteiger partial charge in [0.15, 0.2) is 0 Å². The number of nitrogens with two attached hydrogens (primary N) is 1. The summed E-state index contributed by atoms with van der Waals surface area (Å²) in [6, 6.07) is 4.24. The fourth-order valence-corrected chi connectivity index (χ4v) is 3.82. The van der Waals surface area contributed by atoms with Gasteiger partial charge < -0.3 is 10.6 Å². The van der Waals surface area contributed by atoms with Gasteiger partial charge in [-0.1, -0.05) is 19.8 Å². The van der Waals surface area contributed by atoms with Crippen LogP contribution in [-0.2, 0) is 6.42 Å². The van der Waals surface area contributed by atoms with Crippen LogP contribution in [0.1, 0.15) is 38.3 Å². The molecule has 0 aliphatic heterocycles. The second-order valence-corrected chi connectivity index (χ2v) is 7.39. The van der Waals surface area contributed by atoms with Gasteiger partial charge in [0.2, 0.25) is 0 Å². The Kier molecular flexibility index (Phi) is 5.21. The first-order chi connectivity index (χ1) is 9.44. The molecule has 2 N–H and O–H groups in total. The van der Waals surface area contributed by atoms with E-state index in [0.29, 0.717) is 0 Å². The van der Waals surface area contributed by atoms with Crippen LogP contribution in [0.2, 0.25) is 0 Å². The van der Waals surface area contributed by atoms with Gasteiger partial charge in [0.25, 0.3) is 0 Å². The standard InChI is InChI=1S/C16H26BrN3/c1-12-5-4-8-16(10-12,20(2)3)15(18)9-14-7-6-13(17)11-19-14/h6-7,11-12,15H,4-5,8-10,18H2,1-3H3. The number of hydrogen-bond acceptors (Lipinski definition) is 3. The highest BCUT2D eigenvalue weighted by atomic mass is 79.9. The second kappa shape index (κ2) is 6.54. The monoisotopic (exact) mass is 339 g/mol. The van der Waals surface area contributed by atoms with Crippen LogP contribution in [0.5, 0.6) is 0 Å². The number of aromatic nitrogens is 1. The molecule has 1 aliphatic rings. The summed E-state index contributed by atoms with van der Waals surface area (Å²) < 4.78 is 1.02. The number of nitrogens with zero attached hydrogens (tertiary/aromatic N) is 2. The van der Waals surface area contributed by atoms with Gasteiger partial charge in [-0.15, -0.1) is 0 Å². The average Bonchev–Trinajstić information content (AvgIpc) is 2.41. The molecule has 4 heteroatoms. The van der Waals surface area contributed by atoms with E-state index in [-0.39, 0.29) is 11.6 Å². The van der Waals surface area contributed by atoms with Crippen molar-refractivity contribution in [2.45, 2.75) is 50.6 Å². The van der Waals surface area contributed by atoms with Crippen molar-refractivity contribution in [3.05, 3.63) is 28.5 Å². The molecule has 1 fully saturated rings. The molecular formula is C16H26BrN3. The van der Waals surface area contributed by atoms with Gasteiger partial charge in [-0.2, -0.15) is 0 Å². The highest BCUT2D eigenvalue weighted by Crippen LogP contribution is 2.38. The maximum atomic E-state index is 6.62. The molecule has 0 aromatic carbocycles. The Morgan fingerprint density at radius 1 is 1.50 bits per heavy atom. The second-order valence-electron chi connectivity index (χ2n) is 6.48. The normalized spacial score (nSPS) is 28.6. The predicted octanol–water partition coefficient (Wildman–Crippen LogP) is 3.22. The third-order valence-electron chi connectivity index (χ3n) is 4.81. The Morgan fingerprint density at radius 2 is 2.25 bits per heavy atom. The molecule has 0 radical (unpaired) electrons. The van der Waals surface area contributed by atoms with E-state index in [4.69, 9.17) is 5.73 Å². The molecule has 3 atom stereocenters. The zero-order valence-corrected chi connectivity index (χ0v) is 14.4. The summed E-state index contributed by atoms with van der Waals surface area (Å²) in [5.41, 5.74) is 7.82. The molecule has 0 amide bonds. The molecule has 0 saturated heterocycles. The fraction of sp³-hybridized carbons (Fsp3) is 0.688. The van der Waals surface area contributed by atoms with E-state index in [0.717, 1.165) is 22.5 Å². The summed E-state index contributed by atoms with van der Waals surface area (Å²) >= 11 is 3.43. The first-order valence-corrected chi connectivity index (χ1v) is 8.27. The summed E-state index contributed by atoms with van der Waals surface area (Å²) in [7, 11) is 4.35. The lowest BCUT2D eigenvalue weighted by Crippen LogP contribution is -2.60. The van der Waals surface area contributed by atoms with Crippen molar-refractivity contribution in [1.29, 1.82) is 0 Å². The Balaban J connectivity index is 2.14. The molecule has 0 bridgehead atoms. The van der Waals surface area contributed by atoms with Crippen LogP contribution in [0.3, 0.4) is 0 Å². The minimum absolute atomic E-state index is 0.117. The largest absolute Gasteiger partial charge is 0.326 e. The number of hydrogen-bond donors (Lipinski definition) is 1. The lowest BCUT2D eigenvalue weighted by Gasteiger charge is -2.49. The van der Waals surface area contributed by atoms with Gasteiger partial charge in [0, 0.05) is 34.4 Å². The van der Waals surface area contributed by atoms with Crippen molar-refractivity contribution in [2.24, 2.45) is 11.7 Å². The first-order valence-electron chi connectivity index (χ1n) is 7.47. The third-order valence-corrected chi connectivity index (χ3v) is 5.28. The van der Waals surface area contributed by atoms with Crippen molar-refractivity contribution in [3.8, 4) is 0 Å². The van der Waals surface area contributed by atoms with E-state index in [1.54, 1.807) is 0 Å². The van der Waals surface area contributed by atoms with Crippen LogP contribution in [0.15, 0.2) is 22.8 Å². The van der Waals surface area contributed by atoms with Crippen LogP contribution in [0.4, 0.5) is 0 Å². The van der Waals surface area contributed by atoms with Crippen LogP contribution >= 0.6 is 15.9 Å². The van der Waals surface area contributed by atoms with Gasteiger partial charge in [-0.3, -0.25) is 4.98 Å². The van der Waals surface area contributed by atoms with E-state index < -0.39 is 0 Å². The summed E-state index contributed by atoms with van der Waals surface area (Å²) in [4.78, 5) is 6.83. The Hall–Kier alpha value is -0.450. The topological polar surface area (TPSA) is 42.1 Å². The number of rotatable bonds is 4. The lowest BCUT2D eigenvalue weighted by atomic mass is 9.70. The summed E-state index contributed by atoms with van der Waals surface area (Å²) in [6.07, 6.45) is 7.70. The SMILES string of the molecule is CC1CCCC(C(N)Cc2ccc(Br)cn2)(N(C)C)C1. The fourth-order valence-electron chi connectivity index (χ4n) is 3.58. The number of pyridine rings is 1. The van der Waals surface area contributed by atoms with Crippen LogP contribution < -0.4 is 5.73 Å². The third kappa shape index (κ3) is 3.41. The first kappa shape index (κ1) is 15.9. The van der Waals surface area contributed by atoms with Gasteiger partial charge in [0.1, 0.15) is 0 Å². The highest BCUT2D eigenvalue weighted by molar-refractivity contribution is 9.10. The van der Waals surface area contributed by atoms with Crippen LogP contribution in [0, 0.1) is 5.92 Å². The lowest BCUT2D eigenvalue weighted by molar-refractivity contribution is 0.0501. The molecule has 1 aliphatic carbocycles. The molecule has 2 rings (SSSR count). The molecule has 1 aromatic heterocycles. The molecule has 1 saturated carbocycles. The van der Waals surface area contributed by atoms with Gasteiger partial charge in [0.05, 0.1) is 0 Å². The summed E-state index contributed by atoms with van der Waals surface area (Å²) in [5.74, 6) is 0.759. The maximum Gasteiger partial charge on any atom is 0.0420 e. The Bertz CT molecular complexity index is 432. The smallest absolute Gasteiger partial charge is 0.0420 e. The zero-order chi connectivity index (χ0) is 14.8. The van der Waals surface area contributed by atoms with E-state index >= 15 is 0 Å². The van der Waals surface area contributed by atoms with Crippen molar-refractivity contribution >= 4 is 15.9 Å². The van der Waals surface area contributed by atoms with E-state index in [1.165, 1.54) is 25.7 Å². The van der Waals surface area contributed by atoms with Crippen molar-refractivity contribution in [3.63, 3.8) is 0 Å². The van der Waals surface area contributed by atoms with Gasteiger partial charge in [-0.05, 0) is 60.9 Å². The molecule has 1 heterocycles. The molecular weight excluding hydrogens is 314 g/mol. The zero-order valence-electron chi connectivity index (χ0n) is 12.8.